The normalized spacial score (nSPS) is 17.7. The molecule has 1 fully saturated rings. The van der Waals surface area contributed by atoms with Crippen LogP contribution in [-0.2, 0) is 11.3 Å². The molecule has 1 amide bonds. The summed E-state index contributed by atoms with van der Waals surface area (Å²) in [6.45, 7) is 4.24. The first-order valence-electron chi connectivity index (χ1n) is 12.1. The maximum absolute atomic E-state index is 12.9. The molecule has 1 aliphatic heterocycles. The predicted molar refractivity (Wildman–Crippen MR) is 135 cm³/mol. The number of benzene rings is 2. The van der Waals surface area contributed by atoms with Crippen LogP contribution in [0.4, 0.5) is 5.69 Å². The fourth-order valence-electron chi connectivity index (χ4n) is 4.80. The molecule has 1 aliphatic rings. The molecule has 0 aliphatic carbocycles. The van der Waals surface area contributed by atoms with Gasteiger partial charge < -0.3 is 14.8 Å². The lowest BCUT2D eigenvalue weighted by atomic mass is 9.95. The Hall–Kier alpha value is -3.97. The molecule has 2 N–H and O–H groups in total. The minimum atomic E-state index is -0.0179. The standard InChI is InChI=1S/C28H29N5O2/c1-21(34)23-8-7-9-25(18-23)30-27(35)22-12-16-31(17-13-22)20-24-19-29-33(26-10-3-2-4-11-26)28(24)32-14-5-6-15-32/h2-11,14-15,18-19,22H,12-13,16-17,20H2,1H3,(H,30,35)/p+1. The molecule has 4 aromatic rings. The Labute approximate surface area is 205 Å². The van der Waals surface area contributed by atoms with Crippen molar-refractivity contribution in [1.29, 1.82) is 0 Å². The highest BCUT2D eigenvalue weighted by atomic mass is 16.2. The maximum Gasteiger partial charge on any atom is 0.227 e. The van der Waals surface area contributed by atoms with E-state index in [1.807, 2.05) is 59.7 Å². The number of hydrogen-bond donors (Lipinski definition) is 2. The molecule has 0 saturated carbocycles. The van der Waals surface area contributed by atoms with E-state index >= 15 is 0 Å². The van der Waals surface area contributed by atoms with E-state index in [0.29, 0.717) is 11.3 Å². The number of anilines is 1. The van der Waals surface area contributed by atoms with Crippen molar-refractivity contribution in [3.8, 4) is 11.5 Å². The van der Waals surface area contributed by atoms with Crippen LogP contribution in [0.25, 0.3) is 11.5 Å². The highest BCUT2D eigenvalue weighted by Crippen LogP contribution is 2.20. The second kappa shape index (κ2) is 10.1. The third-order valence-electron chi connectivity index (χ3n) is 6.71. The Morgan fingerprint density at radius 3 is 2.46 bits per heavy atom. The highest BCUT2D eigenvalue weighted by molar-refractivity contribution is 5.97. The third-order valence-corrected chi connectivity index (χ3v) is 6.71. The van der Waals surface area contributed by atoms with Crippen molar-refractivity contribution in [3.63, 3.8) is 0 Å². The van der Waals surface area contributed by atoms with Gasteiger partial charge in [-0.3, -0.25) is 9.59 Å². The average molecular weight is 469 g/mol. The molecule has 7 heteroatoms. The van der Waals surface area contributed by atoms with Gasteiger partial charge in [-0.15, -0.1) is 0 Å². The minimum absolute atomic E-state index is 0.00660. The van der Waals surface area contributed by atoms with Crippen LogP contribution < -0.4 is 10.2 Å². The number of likely N-dealkylation sites (tertiary alicyclic amines) is 1. The summed E-state index contributed by atoms with van der Waals surface area (Å²) < 4.78 is 4.11. The highest BCUT2D eigenvalue weighted by Gasteiger charge is 2.29. The van der Waals surface area contributed by atoms with E-state index in [1.165, 1.54) is 17.4 Å². The summed E-state index contributed by atoms with van der Waals surface area (Å²) in [5.74, 6) is 1.07. The molecule has 35 heavy (non-hydrogen) atoms. The van der Waals surface area contributed by atoms with Crippen molar-refractivity contribution in [2.24, 2.45) is 5.92 Å². The van der Waals surface area contributed by atoms with Crippen LogP contribution >= 0.6 is 0 Å². The van der Waals surface area contributed by atoms with Gasteiger partial charge in [0.15, 0.2) is 5.78 Å². The fourth-order valence-corrected chi connectivity index (χ4v) is 4.80. The zero-order chi connectivity index (χ0) is 24.2. The monoisotopic (exact) mass is 468 g/mol. The number of nitrogens with one attached hydrogen (secondary N) is 2. The summed E-state index contributed by atoms with van der Waals surface area (Å²) in [6, 6.07) is 21.4. The van der Waals surface area contributed by atoms with Gasteiger partial charge in [0.05, 0.1) is 30.5 Å². The molecule has 178 valence electrons. The Bertz CT molecular complexity index is 1300. The van der Waals surface area contributed by atoms with Crippen LogP contribution in [0.15, 0.2) is 85.3 Å². The van der Waals surface area contributed by atoms with Gasteiger partial charge in [0, 0.05) is 42.4 Å². The molecular formula is C28H30N5O2+. The van der Waals surface area contributed by atoms with Gasteiger partial charge in [0.2, 0.25) is 5.91 Å². The lowest BCUT2D eigenvalue weighted by Crippen LogP contribution is -3.11. The Morgan fingerprint density at radius 1 is 1.00 bits per heavy atom. The quantitative estimate of drug-likeness (QED) is 0.409. The topological polar surface area (TPSA) is 73.4 Å². The first kappa shape index (κ1) is 22.8. The number of aromatic nitrogens is 3. The molecule has 0 unspecified atom stereocenters. The molecule has 1 saturated heterocycles. The third kappa shape index (κ3) is 5.10. The second-order valence-corrected chi connectivity index (χ2v) is 9.16. The van der Waals surface area contributed by atoms with Gasteiger partial charge in [-0.25, -0.2) is 4.68 Å². The van der Waals surface area contributed by atoms with Gasteiger partial charge in [-0.05, 0) is 43.3 Å². The summed E-state index contributed by atoms with van der Waals surface area (Å²) in [4.78, 5) is 25.9. The average Bonchev–Trinajstić information content (AvgIpc) is 3.55. The summed E-state index contributed by atoms with van der Waals surface area (Å²) in [5, 5.41) is 7.72. The summed E-state index contributed by atoms with van der Waals surface area (Å²) in [5.41, 5.74) is 3.50. The lowest BCUT2D eigenvalue weighted by molar-refractivity contribution is -0.919. The van der Waals surface area contributed by atoms with Crippen molar-refractivity contribution >= 4 is 17.4 Å². The van der Waals surface area contributed by atoms with Gasteiger partial charge in [0.1, 0.15) is 12.4 Å². The van der Waals surface area contributed by atoms with Gasteiger partial charge >= 0.3 is 0 Å². The van der Waals surface area contributed by atoms with Crippen molar-refractivity contribution in [2.75, 3.05) is 18.4 Å². The van der Waals surface area contributed by atoms with E-state index in [9.17, 15) is 9.59 Å². The van der Waals surface area contributed by atoms with Crippen LogP contribution in [0.3, 0.4) is 0 Å². The zero-order valence-corrected chi connectivity index (χ0v) is 19.9. The fraction of sp³-hybridized carbons (Fsp3) is 0.250. The molecule has 0 radical (unpaired) electrons. The van der Waals surface area contributed by atoms with Crippen molar-refractivity contribution in [3.05, 3.63) is 96.4 Å². The van der Waals surface area contributed by atoms with E-state index in [0.717, 1.165) is 44.0 Å². The van der Waals surface area contributed by atoms with Gasteiger partial charge in [-0.1, -0.05) is 30.3 Å². The minimum Gasteiger partial charge on any atom is -0.331 e. The Kier molecular flexibility index (Phi) is 6.59. The molecule has 2 aromatic heterocycles. The number of quaternary nitrogens is 1. The summed E-state index contributed by atoms with van der Waals surface area (Å²) in [6.07, 6.45) is 7.73. The maximum atomic E-state index is 12.9. The van der Waals surface area contributed by atoms with Crippen molar-refractivity contribution in [2.45, 2.75) is 26.3 Å². The molecule has 3 heterocycles. The molecular weight excluding hydrogens is 438 g/mol. The smallest absolute Gasteiger partial charge is 0.227 e. The molecule has 5 rings (SSSR count). The lowest BCUT2D eigenvalue weighted by Gasteiger charge is -2.28. The van der Waals surface area contributed by atoms with Gasteiger partial charge in [-0.2, -0.15) is 5.10 Å². The molecule has 0 bridgehead atoms. The van der Waals surface area contributed by atoms with Crippen LogP contribution in [0.1, 0.15) is 35.7 Å². The first-order valence-corrected chi connectivity index (χ1v) is 12.1. The molecule has 7 nitrogen and oxygen atoms in total. The van der Waals surface area contributed by atoms with E-state index < -0.39 is 0 Å². The van der Waals surface area contributed by atoms with Crippen molar-refractivity contribution in [1.82, 2.24) is 14.3 Å². The Morgan fingerprint density at radius 2 is 1.74 bits per heavy atom. The van der Waals surface area contributed by atoms with E-state index in [1.54, 1.807) is 18.2 Å². The molecule has 2 aromatic carbocycles. The number of para-hydroxylation sites is 1. The SMILES string of the molecule is CC(=O)c1cccc(NC(=O)C2CC[NH+](Cc3cnn(-c4ccccc4)c3-n3cccc3)CC2)c1. The molecule has 0 atom stereocenters. The summed E-state index contributed by atoms with van der Waals surface area (Å²) in [7, 11) is 0. The number of carbonyl (C=O) groups is 2. The molecule has 0 spiro atoms. The zero-order valence-electron chi connectivity index (χ0n) is 19.9. The van der Waals surface area contributed by atoms with E-state index in [4.69, 9.17) is 5.10 Å². The van der Waals surface area contributed by atoms with Crippen molar-refractivity contribution < 1.29 is 14.5 Å². The predicted octanol–water partition coefficient (Wildman–Crippen LogP) is 3.30. The number of hydrogen-bond acceptors (Lipinski definition) is 3. The van der Waals surface area contributed by atoms with Crippen LogP contribution in [0, 0.1) is 5.92 Å². The number of Topliss-reactive ketones (excluding diaryl/α,β-unsaturated/α-hetero) is 1. The number of amides is 1. The largest absolute Gasteiger partial charge is 0.331 e. The van der Waals surface area contributed by atoms with Crippen LogP contribution in [0.2, 0.25) is 0 Å². The number of piperidine rings is 1. The van der Waals surface area contributed by atoms with Crippen LogP contribution in [-0.4, -0.2) is 39.1 Å². The van der Waals surface area contributed by atoms with E-state index in [-0.39, 0.29) is 17.6 Å². The number of ketones is 1. The van der Waals surface area contributed by atoms with Crippen LogP contribution in [0.5, 0.6) is 0 Å². The number of rotatable bonds is 7. The van der Waals surface area contributed by atoms with Gasteiger partial charge in [0.25, 0.3) is 0 Å². The summed E-state index contributed by atoms with van der Waals surface area (Å²) >= 11 is 0. The van der Waals surface area contributed by atoms with E-state index in [2.05, 4.69) is 22.0 Å². The Balaban J connectivity index is 1.25. The number of nitrogens with zero attached hydrogens (tertiary/aromatic N) is 3. The second-order valence-electron chi connectivity index (χ2n) is 9.16. The first-order chi connectivity index (χ1) is 17.1. The number of carbonyl (C=O) groups excluding carboxylic acids is 2.